The Morgan fingerprint density at radius 2 is 0.943 bits per heavy atom. The van der Waals surface area contributed by atoms with Crippen LogP contribution in [0.3, 0.4) is 0 Å². The van der Waals surface area contributed by atoms with E-state index in [4.69, 9.17) is 21.5 Å². The highest BCUT2D eigenvalue weighted by atomic mass is 32.1. The van der Waals surface area contributed by atoms with Crippen molar-refractivity contribution in [1.29, 1.82) is 0 Å². The summed E-state index contributed by atoms with van der Waals surface area (Å²) in [6.07, 6.45) is 0. The first kappa shape index (κ1) is 27.6. The van der Waals surface area contributed by atoms with E-state index in [1.807, 2.05) is 0 Å². The Labute approximate surface area is 220 Å². The summed E-state index contributed by atoms with van der Waals surface area (Å²) in [5.74, 6) is 1.98. The van der Waals surface area contributed by atoms with E-state index in [1.54, 1.807) is 0 Å². The summed E-state index contributed by atoms with van der Waals surface area (Å²) in [4.78, 5) is 0.977. The van der Waals surface area contributed by atoms with Crippen molar-refractivity contribution >= 4 is 29.3 Å². The first-order chi connectivity index (χ1) is 16.9. The maximum atomic E-state index is 6.58. The summed E-state index contributed by atoms with van der Waals surface area (Å²) in [5, 5.41) is 0. The molecular weight excluding hydrogens is 481 g/mol. The molecule has 0 heterocycles. The van der Waals surface area contributed by atoms with Crippen LogP contribution >= 0.6 is 12.6 Å². The van der Waals surface area contributed by atoms with Crippen molar-refractivity contribution in [1.82, 2.24) is 0 Å². The van der Waals surface area contributed by atoms with Crippen LogP contribution in [0.1, 0.15) is 41.5 Å². The second kappa shape index (κ2) is 12.3. The predicted molar refractivity (Wildman–Crippen MR) is 160 cm³/mol. The van der Waals surface area contributed by atoms with Gasteiger partial charge in [0.2, 0.25) is 16.6 Å². The molecule has 0 aliphatic heterocycles. The molecule has 188 valence electrons. The minimum absolute atomic E-state index is 0.977. The average Bonchev–Trinajstić information content (AvgIpc) is 2.91. The highest BCUT2D eigenvalue weighted by Crippen LogP contribution is 2.38. The topological polar surface area (TPSA) is 18.5 Å². The molecule has 35 heavy (non-hydrogen) atoms. The van der Waals surface area contributed by atoms with Crippen LogP contribution in [-0.2, 0) is 0 Å². The number of rotatable bonds is 12. The predicted octanol–water partition coefficient (Wildman–Crippen LogP) is 10.1. The van der Waals surface area contributed by atoms with E-state index in [9.17, 15) is 0 Å². The van der Waals surface area contributed by atoms with Crippen molar-refractivity contribution in [2.24, 2.45) is 0 Å². The molecule has 5 heteroatoms. The molecule has 0 atom stereocenters. The second-order valence-electron chi connectivity index (χ2n) is 9.44. The van der Waals surface area contributed by atoms with Gasteiger partial charge in [-0.1, -0.05) is 77.9 Å². The maximum absolute atomic E-state index is 6.58. The molecule has 0 amide bonds. The van der Waals surface area contributed by atoms with Gasteiger partial charge in [0, 0.05) is 10.5 Å². The number of hydrogen-bond donors (Lipinski definition) is 1. The average molecular weight is 523 g/mol. The van der Waals surface area contributed by atoms with Crippen LogP contribution in [0.5, 0.6) is 11.5 Å². The van der Waals surface area contributed by atoms with Crippen molar-refractivity contribution in [2.75, 3.05) is 0 Å². The van der Waals surface area contributed by atoms with Crippen LogP contribution in [0.4, 0.5) is 0 Å². The largest absolute Gasteiger partial charge is 0.544 e. The third kappa shape index (κ3) is 6.25. The molecule has 0 radical (unpaired) electrons. The van der Waals surface area contributed by atoms with E-state index in [2.05, 4.69) is 108 Å². The molecule has 2 nitrogen and oxygen atoms in total. The Kier molecular flexibility index (Phi) is 9.73. The molecule has 3 rings (SSSR count). The van der Waals surface area contributed by atoms with Gasteiger partial charge in [0.25, 0.3) is 0 Å². The minimum atomic E-state index is -1.68. The van der Waals surface area contributed by atoms with Gasteiger partial charge in [-0.05, 0) is 83.3 Å². The summed E-state index contributed by atoms with van der Waals surface area (Å²) in [5.41, 5.74) is 4.67. The van der Waals surface area contributed by atoms with Gasteiger partial charge < -0.3 is 8.85 Å². The van der Waals surface area contributed by atoms with E-state index in [0.717, 1.165) is 63.8 Å². The Morgan fingerprint density at radius 1 is 0.543 bits per heavy atom. The second-order valence-corrected chi connectivity index (χ2v) is 19.3. The van der Waals surface area contributed by atoms with E-state index in [1.165, 1.54) is 11.1 Å². The summed E-state index contributed by atoms with van der Waals surface area (Å²) in [6.45, 7) is 13.6. The molecule has 3 aromatic rings. The van der Waals surface area contributed by atoms with Gasteiger partial charge in [0.15, 0.2) is 0 Å². The number of hydrogen-bond acceptors (Lipinski definition) is 3. The Bertz CT molecular complexity index is 1060. The van der Waals surface area contributed by atoms with Crippen LogP contribution in [0, 0.1) is 0 Å². The van der Waals surface area contributed by atoms with Crippen molar-refractivity contribution in [3.8, 4) is 33.8 Å². The van der Waals surface area contributed by atoms with Crippen molar-refractivity contribution in [3.63, 3.8) is 0 Å². The van der Waals surface area contributed by atoms with Crippen LogP contribution in [-0.4, -0.2) is 16.6 Å². The molecule has 0 aromatic heterocycles. The molecule has 0 aliphatic carbocycles. The zero-order valence-corrected chi connectivity index (χ0v) is 25.3. The standard InChI is InChI=1S/C30H42O2SSi2/c1-7-34(8-2,9-3)31-26-20-16-24(17-21-26)28-14-13-15-29(33)30(28)25-18-22-27(23-19-25)32-35(10-4,11-5)12-6/h13-23,33H,7-12H2,1-6H3. The lowest BCUT2D eigenvalue weighted by atomic mass is 9.94. The molecule has 0 fully saturated rings. The maximum Gasteiger partial charge on any atom is 0.250 e. The van der Waals surface area contributed by atoms with Crippen molar-refractivity contribution in [3.05, 3.63) is 66.7 Å². The first-order valence-electron chi connectivity index (χ1n) is 13.3. The Hall–Kier alpha value is -1.96. The summed E-state index contributed by atoms with van der Waals surface area (Å²) >= 11 is 4.84. The monoisotopic (exact) mass is 522 g/mol. The Morgan fingerprint density at radius 3 is 1.34 bits per heavy atom. The smallest absolute Gasteiger partial charge is 0.250 e. The van der Waals surface area contributed by atoms with Crippen LogP contribution in [0.15, 0.2) is 71.6 Å². The van der Waals surface area contributed by atoms with Gasteiger partial charge in [0.05, 0.1) is 0 Å². The fourth-order valence-electron chi connectivity index (χ4n) is 4.91. The van der Waals surface area contributed by atoms with Gasteiger partial charge in [-0.3, -0.25) is 0 Å². The normalized spacial score (nSPS) is 12.0. The number of benzene rings is 3. The van der Waals surface area contributed by atoms with E-state index in [0.29, 0.717) is 0 Å². The third-order valence-corrected chi connectivity index (χ3v) is 17.3. The third-order valence-electron chi connectivity index (χ3n) is 7.89. The fraction of sp³-hybridized carbons (Fsp3) is 0.400. The molecule has 0 saturated carbocycles. The minimum Gasteiger partial charge on any atom is -0.544 e. The quantitative estimate of drug-likeness (QED) is 0.188. The van der Waals surface area contributed by atoms with Gasteiger partial charge >= 0.3 is 0 Å². The molecule has 3 aromatic carbocycles. The summed E-state index contributed by atoms with van der Waals surface area (Å²) < 4.78 is 13.1. The molecule has 0 saturated heterocycles. The fourth-order valence-corrected chi connectivity index (χ4v) is 10.4. The molecule has 0 spiro atoms. The lowest BCUT2D eigenvalue weighted by molar-refractivity contribution is 0.532. The van der Waals surface area contributed by atoms with Gasteiger partial charge in [0.1, 0.15) is 11.5 Å². The van der Waals surface area contributed by atoms with E-state index in [-0.39, 0.29) is 0 Å². The van der Waals surface area contributed by atoms with Crippen molar-refractivity contribution in [2.45, 2.75) is 82.7 Å². The summed E-state index contributed by atoms with van der Waals surface area (Å²) in [6, 6.07) is 30.4. The molecule has 0 N–H and O–H groups in total. The first-order valence-corrected chi connectivity index (χ1v) is 18.8. The number of thiol groups is 1. The zero-order valence-electron chi connectivity index (χ0n) is 22.4. The van der Waals surface area contributed by atoms with Crippen LogP contribution in [0.2, 0.25) is 36.3 Å². The van der Waals surface area contributed by atoms with Crippen LogP contribution in [0.25, 0.3) is 22.3 Å². The molecule has 0 bridgehead atoms. The van der Waals surface area contributed by atoms with Crippen LogP contribution < -0.4 is 8.85 Å². The highest BCUT2D eigenvalue weighted by molar-refractivity contribution is 7.80. The lowest BCUT2D eigenvalue weighted by Crippen LogP contribution is -2.39. The van der Waals surface area contributed by atoms with Gasteiger partial charge in [-0.2, -0.15) is 0 Å². The Balaban J connectivity index is 1.91. The van der Waals surface area contributed by atoms with E-state index >= 15 is 0 Å². The molecule has 0 unspecified atom stereocenters. The molecule has 0 aliphatic rings. The molecular formula is C30H42O2SSi2. The lowest BCUT2D eigenvalue weighted by Gasteiger charge is -2.29. The van der Waals surface area contributed by atoms with Gasteiger partial charge in [-0.25, -0.2) is 0 Å². The highest BCUT2D eigenvalue weighted by Gasteiger charge is 2.31. The zero-order chi connectivity index (χ0) is 25.5. The SMILES string of the molecule is CC[Si](CC)(CC)Oc1ccc(-c2cccc(S)c2-c2ccc(O[Si](CC)(CC)CC)cc2)cc1. The van der Waals surface area contributed by atoms with Crippen molar-refractivity contribution < 1.29 is 8.85 Å². The van der Waals surface area contributed by atoms with Gasteiger partial charge in [-0.15, -0.1) is 12.6 Å². The van der Waals surface area contributed by atoms with E-state index < -0.39 is 16.6 Å². The summed E-state index contributed by atoms with van der Waals surface area (Å²) in [7, 11) is -3.36.